The van der Waals surface area contributed by atoms with Crippen LogP contribution in [0.4, 0.5) is 11.4 Å². The van der Waals surface area contributed by atoms with Gasteiger partial charge in [0.15, 0.2) is 12.4 Å². The number of hydrogen-bond acceptors (Lipinski definition) is 6. The Morgan fingerprint density at radius 2 is 1.75 bits per heavy atom. The van der Waals surface area contributed by atoms with E-state index in [9.17, 15) is 14.9 Å². The molecule has 0 bridgehead atoms. The van der Waals surface area contributed by atoms with Crippen molar-refractivity contribution in [1.29, 1.82) is 0 Å². The SMILES string of the molecule is Cc1ccc(C)c(Oc2cc(NC(=O)c3ccn(COc4cc(C)ccc4Cl)n3)cc([N+](=O)[O-])c2)c1. The number of nitrogens with one attached hydrogen (secondary N) is 1. The van der Waals surface area contributed by atoms with Crippen molar-refractivity contribution in [2.24, 2.45) is 0 Å². The molecule has 1 aromatic heterocycles. The lowest BCUT2D eigenvalue weighted by atomic mass is 10.1. The molecular weight excluding hydrogens is 484 g/mol. The molecule has 4 aromatic rings. The Kier molecular flexibility index (Phi) is 7.21. The first kappa shape index (κ1) is 24.7. The van der Waals surface area contributed by atoms with Crippen LogP contribution in [0.2, 0.25) is 5.02 Å². The summed E-state index contributed by atoms with van der Waals surface area (Å²) in [7, 11) is 0. The maximum Gasteiger partial charge on any atom is 0.276 e. The molecule has 0 saturated heterocycles. The molecule has 0 aliphatic rings. The van der Waals surface area contributed by atoms with E-state index in [2.05, 4.69) is 10.4 Å². The van der Waals surface area contributed by atoms with Crippen LogP contribution >= 0.6 is 11.6 Å². The lowest BCUT2D eigenvalue weighted by Crippen LogP contribution is -2.14. The normalized spacial score (nSPS) is 10.7. The summed E-state index contributed by atoms with van der Waals surface area (Å²) in [5.74, 6) is 0.758. The summed E-state index contributed by atoms with van der Waals surface area (Å²) in [5, 5.41) is 18.8. The van der Waals surface area contributed by atoms with Crippen LogP contribution < -0.4 is 14.8 Å². The van der Waals surface area contributed by atoms with E-state index in [0.29, 0.717) is 16.5 Å². The second-order valence-electron chi connectivity index (χ2n) is 8.25. The fourth-order valence-electron chi connectivity index (χ4n) is 3.37. The Morgan fingerprint density at radius 3 is 2.50 bits per heavy atom. The Hall–Kier alpha value is -4.37. The lowest BCUT2D eigenvalue weighted by molar-refractivity contribution is -0.384. The van der Waals surface area contributed by atoms with Crippen molar-refractivity contribution in [3.05, 3.63) is 104 Å². The summed E-state index contributed by atoms with van der Waals surface area (Å²) in [4.78, 5) is 23.7. The number of carbonyl (C=O) groups excluding carboxylic acids is 1. The molecule has 1 amide bonds. The van der Waals surface area contributed by atoms with Gasteiger partial charge < -0.3 is 14.8 Å². The number of aromatic nitrogens is 2. The van der Waals surface area contributed by atoms with Crippen molar-refractivity contribution in [3.63, 3.8) is 0 Å². The lowest BCUT2D eigenvalue weighted by Gasteiger charge is -2.11. The molecule has 0 unspecified atom stereocenters. The quantitative estimate of drug-likeness (QED) is 0.217. The Balaban J connectivity index is 1.49. The summed E-state index contributed by atoms with van der Waals surface area (Å²) >= 11 is 6.15. The first-order chi connectivity index (χ1) is 17.2. The standard InChI is InChI=1S/C26H23ClN4O5/c1-16-4-6-18(3)24(10-16)36-21-13-19(12-20(14-21)31(33)34)28-26(32)23-8-9-30(29-23)15-35-25-11-17(2)5-7-22(25)27/h4-14H,15H2,1-3H3,(H,28,32). The van der Waals surface area contributed by atoms with Crippen LogP contribution in [0.3, 0.4) is 0 Å². The van der Waals surface area contributed by atoms with E-state index < -0.39 is 10.8 Å². The van der Waals surface area contributed by atoms with Crippen molar-refractivity contribution in [3.8, 4) is 17.2 Å². The molecule has 9 nitrogen and oxygen atoms in total. The Labute approximate surface area is 212 Å². The molecule has 0 saturated carbocycles. The third-order valence-corrected chi connectivity index (χ3v) is 5.56. The molecule has 3 aromatic carbocycles. The Bertz CT molecular complexity index is 1450. The number of nitro groups is 1. The average Bonchev–Trinajstić information content (AvgIpc) is 3.31. The highest BCUT2D eigenvalue weighted by Gasteiger charge is 2.16. The zero-order valence-electron chi connectivity index (χ0n) is 19.8. The molecule has 0 spiro atoms. The van der Waals surface area contributed by atoms with Gasteiger partial charge in [0.05, 0.1) is 21.7 Å². The van der Waals surface area contributed by atoms with Gasteiger partial charge in [-0.05, 0) is 61.7 Å². The van der Waals surface area contributed by atoms with E-state index in [1.807, 2.05) is 45.0 Å². The highest BCUT2D eigenvalue weighted by atomic mass is 35.5. The number of benzene rings is 3. The fraction of sp³-hybridized carbons (Fsp3) is 0.154. The highest BCUT2D eigenvalue weighted by molar-refractivity contribution is 6.32. The number of non-ortho nitro benzene ring substituents is 1. The average molecular weight is 507 g/mol. The maximum atomic E-state index is 12.8. The predicted molar refractivity (Wildman–Crippen MR) is 136 cm³/mol. The number of anilines is 1. The van der Waals surface area contributed by atoms with Crippen molar-refractivity contribution in [1.82, 2.24) is 9.78 Å². The van der Waals surface area contributed by atoms with Crippen LogP contribution in [-0.2, 0) is 6.73 Å². The topological polar surface area (TPSA) is 109 Å². The van der Waals surface area contributed by atoms with Gasteiger partial charge in [-0.25, -0.2) is 4.68 Å². The number of nitro benzene ring substituents is 1. The van der Waals surface area contributed by atoms with Crippen LogP contribution in [0.1, 0.15) is 27.2 Å². The summed E-state index contributed by atoms with van der Waals surface area (Å²) in [5.41, 5.74) is 2.94. The van der Waals surface area contributed by atoms with Crippen molar-refractivity contribution >= 4 is 28.9 Å². The number of aryl methyl sites for hydroxylation is 3. The minimum Gasteiger partial charge on any atom is -0.470 e. The molecule has 36 heavy (non-hydrogen) atoms. The summed E-state index contributed by atoms with van der Waals surface area (Å²) in [6.07, 6.45) is 1.58. The summed E-state index contributed by atoms with van der Waals surface area (Å²) < 4.78 is 13.0. The monoisotopic (exact) mass is 506 g/mol. The summed E-state index contributed by atoms with van der Waals surface area (Å²) in [6.45, 7) is 5.76. The molecule has 10 heteroatoms. The van der Waals surface area contributed by atoms with Gasteiger partial charge in [-0.15, -0.1) is 0 Å². The maximum absolute atomic E-state index is 12.8. The van der Waals surface area contributed by atoms with Crippen molar-refractivity contribution in [2.75, 3.05) is 5.32 Å². The smallest absolute Gasteiger partial charge is 0.276 e. The van der Waals surface area contributed by atoms with Gasteiger partial charge in [0, 0.05) is 18.3 Å². The molecule has 0 aliphatic heterocycles. The highest BCUT2D eigenvalue weighted by Crippen LogP contribution is 2.32. The third-order valence-electron chi connectivity index (χ3n) is 5.24. The number of carbonyl (C=O) groups is 1. The zero-order valence-corrected chi connectivity index (χ0v) is 20.6. The van der Waals surface area contributed by atoms with Gasteiger partial charge in [-0.3, -0.25) is 14.9 Å². The van der Waals surface area contributed by atoms with E-state index in [-0.39, 0.29) is 29.5 Å². The molecule has 0 aliphatic carbocycles. The molecule has 0 radical (unpaired) electrons. The third kappa shape index (κ3) is 6.00. The number of rotatable bonds is 8. The first-order valence-electron chi connectivity index (χ1n) is 11.0. The van der Waals surface area contributed by atoms with E-state index in [4.69, 9.17) is 21.1 Å². The second-order valence-corrected chi connectivity index (χ2v) is 8.65. The van der Waals surface area contributed by atoms with Gasteiger partial charge >= 0.3 is 0 Å². The second kappa shape index (κ2) is 10.5. The molecule has 4 rings (SSSR count). The number of nitrogens with zero attached hydrogens (tertiary/aromatic N) is 3. The zero-order chi connectivity index (χ0) is 25.8. The molecule has 184 valence electrons. The van der Waals surface area contributed by atoms with Gasteiger partial charge in [0.1, 0.15) is 17.2 Å². The van der Waals surface area contributed by atoms with Crippen molar-refractivity contribution in [2.45, 2.75) is 27.5 Å². The summed E-state index contributed by atoms with van der Waals surface area (Å²) in [6, 6.07) is 16.7. The molecule has 1 N–H and O–H groups in total. The fourth-order valence-corrected chi connectivity index (χ4v) is 3.54. The molecule has 0 atom stereocenters. The van der Waals surface area contributed by atoms with Crippen LogP contribution in [0.15, 0.2) is 66.9 Å². The minimum atomic E-state index is -0.548. The minimum absolute atomic E-state index is 0.0428. The number of hydrogen-bond donors (Lipinski definition) is 1. The van der Waals surface area contributed by atoms with E-state index in [0.717, 1.165) is 16.7 Å². The van der Waals surface area contributed by atoms with Gasteiger partial charge in [-0.1, -0.05) is 29.8 Å². The number of halogens is 1. The van der Waals surface area contributed by atoms with E-state index in [1.165, 1.54) is 28.9 Å². The first-order valence-corrected chi connectivity index (χ1v) is 11.3. The van der Waals surface area contributed by atoms with Crippen LogP contribution in [0.25, 0.3) is 0 Å². The van der Waals surface area contributed by atoms with Crippen LogP contribution in [0.5, 0.6) is 17.2 Å². The van der Waals surface area contributed by atoms with Crippen LogP contribution in [0, 0.1) is 30.9 Å². The molecular formula is C26H23ClN4O5. The van der Waals surface area contributed by atoms with Gasteiger partial charge in [0.25, 0.3) is 11.6 Å². The van der Waals surface area contributed by atoms with Gasteiger partial charge in [0.2, 0.25) is 0 Å². The van der Waals surface area contributed by atoms with Gasteiger partial charge in [-0.2, -0.15) is 5.10 Å². The van der Waals surface area contributed by atoms with E-state index >= 15 is 0 Å². The number of amides is 1. The molecule has 1 heterocycles. The van der Waals surface area contributed by atoms with Crippen molar-refractivity contribution < 1.29 is 19.2 Å². The van der Waals surface area contributed by atoms with E-state index in [1.54, 1.807) is 18.3 Å². The largest absolute Gasteiger partial charge is 0.470 e. The predicted octanol–water partition coefficient (Wildman–Crippen LogP) is 6.45. The Morgan fingerprint density at radius 1 is 1.03 bits per heavy atom. The molecule has 0 fully saturated rings. The van der Waals surface area contributed by atoms with Crippen LogP contribution in [-0.4, -0.2) is 20.6 Å². The number of ether oxygens (including phenoxy) is 2.